The van der Waals surface area contributed by atoms with E-state index in [9.17, 15) is 9.59 Å². The Balaban J connectivity index is 3.34. The number of esters is 1. The van der Waals surface area contributed by atoms with Crippen molar-refractivity contribution in [2.24, 2.45) is 0 Å². The highest BCUT2D eigenvalue weighted by atomic mass is 16.5. The molecule has 1 heterocycles. The first kappa shape index (κ1) is 11.3. The number of pyridine rings is 1. The minimum Gasteiger partial charge on any atom is -0.465 e. The molecule has 0 spiro atoms. The van der Waals surface area contributed by atoms with Crippen LogP contribution in [0.15, 0.2) is 10.9 Å². The van der Waals surface area contributed by atoms with E-state index in [0.717, 1.165) is 0 Å². The smallest absolute Gasteiger partial charge is 0.343 e. The van der Waals surface area contributed by atoms with Gasteiger partial charge in [-0.15, -0.1) is 0 Å². The molecule has 15 heavy (non-hydrogen) atoms. The number of carbonyl (C=O) groups excluding carboxylic acids is 1. The van der Waals surface area contributed by atoms with Gasteiger partial charge >= 0.3 is 5.97 Å². The summed E-state index contributed by atoms with van der Waals surface area (Å²) in [5, 5.41) is 0. The molecule has 0 radical (unpaired) electrons. The topological polar surface area (TPSA) is 62.4 Å². The third-order valence-corrected chi connectivity index (χ3v) is 2.08. The van der Waals surface area contributed by atoms with E-state index in [1.54, 1.807) is 11.8 Å². The number of anilines is 1. The number of nitrogens with one attached hydrogen (secondary N) is 1. The molecule has 0 unspecified atom stereocenters. The van der Waals surface area contributed by atoms with Crippen molar-refractivity contribution >= 4 is 11.8 Å². The Bertz CT molecular complexity index is 435. The summed E-state index contributed by atoms with van der Waals surface area (Å²) in [6, 6.07) is 1.37. The van der Waals surface area contributed by atoms with Gasteiger partial charge in [0.15, 0.2) is 5.43 Å². The maximum atomic E-state index is 11.6. The average molecular weight is 210 g/mol. The third-order valence-electron chi connectivity index (χ3n) is 2.08. The number of rotatable bonds is 2. The second-order valence-corrected chi connectivity index (χ2v) is 3.40. The predicted octanol–water partition coefficient (Wildman–Crippen LogP) is 0.536. The molecule has 0 fully saturated rings. The zero-order valence-corrected chi connectivity index (χ0v) is 9.25. The van der Waals surface area contributed by atoms with Crippen molar-refractivity contribution in [1.82, 2.24) is 4.98 Å². The summed E-state index contributed by atoms with van der Waals surface area (Å²) in [6.07, 6.45) is 0. The third kappa shape index (κ3) is 2.18. The molecule has 0 saturated carbocycles. The molecular formula is C10H14N2O3. The first-order chi connectivity index (χ1) is 6.97. The summed E-state index contributed by atoms with van der Waals surface area (Å²) < 4.78 is 4.53. The van der Waals surface area contributed by atoms with Crippen molar-refractivity contribution in [3.63, 3.8) is 0 Å². The highest BCUT2D eigenvalue weighted by Crippen LogP contribution is 2.08. The molecule has 1 aromatic rings. The Labute approximate surface area is 87.7 Å². The number of hydrogen-bond acceptors (Lipinski definition) is 4. The lowest BCUT2D eigenvalue weighted by Gasteiger charge is -2.13. The molecule has 0 saturated heterocycles. The largest absolute Gasteiger partial charge is 0.465 e. The highest BCUT2D eigenvalue weighted by molar-refractivity contribution is 5.90. The summed E-state index contributed by atoms with van der Waals surface area (Å²) in [5.74, 6) is 0.0456. The SMILES string of the molecule is COC(=O)c1c(C)[nH]c(N(C)C)cc1=O. The predicted molar refractivity (Wildman–Crippen MR) is 57.5 cm³/mol. The number of nitrogens with zero attached hydrogens (tertiary/aromatic N) is 1. The highest BCUT2D eigenvalue weighted by Gasteiger charge is 2.15. The summed E-state index contributed by atoms with van der Waals surface area (Å²) >= 11 is 0. The fourth-order valence-corrected chi connectivity index (χ4v) is 1.27. The van der Waals surface area contributed by atoms with E-state index >= 15 is 0 Å². The van der Waals surface area contributed by atoms with Gasteiger partial charge in [0.25, 0.3) is 0 Å². The van der Waals surface area contributed by atoms with E-state index in [0.29, 0.717) is 11.5 Å². The zero-order valence-electron chi connectivity index (χ0n) is 9.25. The lowest BCUT2D eigenvalue weighted by atomic mass is 10.2. The lowest BCUT2D eigenvalue weighted by molar-refractivity contribution is 0.0598. The van der Waals surface area contributed by atoms with Crippen molar-refractivity contribution in [1.29, 1.82) is 0 Å². The maximum Gasteiger partial charge on any atom is 0.343 e. The van der Waals surface area contributed by atoms with Gasteiger partial charge in [-0.2, -0.15) is 0 Å². The first-order valence-electron chi connectivity index (χ1n) is 4.47. The van der Waals surface area contributed by atoms with Gasteiger partial charge in [-0.05, 0) is 6.92 Å². The molecule has 0 aliphatic rings. The minimum atomic E-state index is -0.612. The van der Waals surface area contributed by atoms with Crippen LogP contribution in [-0.4, -0.2) is 32.2 Å². The average Bonchev–Trinajstić information content (AvgIpc) is 2.16. The van der Waals surface area contributed by atoms with E-state index < -0.39 is 5.97 Å². The van der Waals surface area contributed by atoms with Crippen LogP contribution >= 0.6 is 0 Å². The van der Waals surface area contributed by atoms with Crippen molar-refractivity contribution < 1.29 is 9.53 Å². The van der Waals surface area contributed by atoms with Gasteiger partial charge in [0.1, 0.15) is 11.4 Å². The second kappa shape index (κ2) is 4.16. The molecule has 0 aliphatic carbocycles. The number of methoxy groups -OCH3 is 1. The van der Waals surface area contributed by atoms with Gasteiger partial charge in [-0.1, -0.05) is 0 Å². The minimum absolute atomic E-state index is 0.0584. The number of aryl methyl sites for hydroxylation is 1. The zero-order chi connectivity index (χ0) is 11.6. The molecule has 0 amide bonds. The number of hydrogen-bond donors (Lipinski definition) is 1. The van der Waals surface area contributed by atoms with Gasteiger partial charge in [-0.3, -0.25) is 4.79 Å². The summed E-state index contributed by atoms with van der Waals surface area (Å²) in [6.45, 7) is 1.67. The van der Waals surface area contributed by atoms with Crippen LogP contribution in [0.5, 0.6) is 0 Å². The van der Waals surface area contributed by atoms with Crippen LogP contribution in [0.1, 0.15) is 16.1 Å². The standard InChI is InChI=1S/C10H14N2O3/c1-6-9(10(14)15-4)7(13)5-8(11-6)12(2)3/h5H,1-4H3,(H,11,13). The van der Waals surface area contributed by atoms with Crippen molar-refractivity contribution in [3.8, 4) is 0 Å². The second-order valence-electron chi connectivity index (χ2n) is 3.40. The molecule has 5 heteroatoms. The molecule has 0 bridgehead atoms. The van der Waals surface area contributed by atoms with Crippen LogP contribution in [0.25, 0.3) is 0 Å². The fourth-order valence-electron chi connectivity index (χ4n) is 1.27. The molecule has 0 aliphatic heterocycles. The molecule has 1 rings (SSSR count). The van der Waals surface area contributed by atoms with E-state index in [-0.39, 0.29) is 11.0 Å². The Morgan fingerprint density at radius 2 is 2.07 bits per heavy atom. The molecule has 0 atom stereocenters. The van der Waals surface area contributed by atoms with Gasteiger partial charge in [0, 0.05) is 25.9 Å². The van der Waals surface area contributed by atoms with Gasteiger partial charge in [0.05, 0.1) is 7.11 Å². The van der Waals surface area contributed by atoms with Crippen molar-refractivity contribution in [2.75, 3.05) is 26.1 Å². The van der Waals surface area contributed by atoms with Crippen LogP contribution < -0.4 is 10.3 Å². The van der Waals surface area contributed by atoms with Crippen LogP contribution in [0.3, 0.4) is 0 Å². The number of H-pyrrole nitrogens is 1. The summed E-state index contributed by atoms with van der Waals surface area (Å²) in [7, 11) is 4.87. The molecule has 0 aromatic carbocycles. The lowest BCUT2D eigenvalue weighted by Crippen LogP contribution is -2.22. The number of carbonyl (C=O) groups is 1. The van der Waals surface area contributed by atoms with Gasteiger partial charge in [0.2, 0.25) is 0 Å². The van der Waals surface area contributed by atoms with E-state index in [2.05, 4.69) is 9.72 Å². The van der Waals surface area contributed by atoms with Crippen molar-refractivity contribution in [3.05, 3.63) is 27.5 Å². The van der Waals surface area contributed by atoms with Gasteiger partial charge < -0.3 is 14.6 Å². The van der Waals surface area contributed by atoms with Gasteiger partial charge in [-0.25, -0.2) is 4.79 Å². The maximum absolute atomic E-state index is 11.6. The normalized spacial score (nSPS) is 9.87. The summed E-state index contributed by atoms with van der Waals surface area (Å²) in [5.41, 5.74) is 0.239. The number of ether oxygens (including phenoxy) is 1. The Morgan fingerprint density at radius 1 is 1.47 bits per heavy atom. The van der Waals surface area contributed by atoms with E-state index in [1.165, 1.54) is 13.2 Å². The molecule has 1 aromatic heterocycles. The molecule has 1 N–H and O–H groups in total. The molecular weight excluding hydrogens is 196 g/mol. The Morgan fingerprint density at radius 3 is 2.47 bits per heavy atom. The van der Waals surface area contributed by atoms with Crippen LogP contribution in [0.4, 0.5) is 5.82 Å². The van der Waals surface area contributed by atoms with Crippen LogP contribution in [0.2, 0.25) is 0 Å². The Kier molecular flexibility index (Phi) is 3.14. The van der Waals surface area contributed by atoms with Crippen LogP contribution in [-0.2, 0) is 4.74 Å². The Hall–Kier alpha value is -1.78. The monoisotopic (exact) mass is 210 g/mol. The van der Waals surface area contributed by atoms with Crippen LogP contribution in [0, 0.1) is 6.92 Å². The first-order valence-corrected chi connectivity index (χ1v) is 4.47. The number of aromatic nitrogens is 1. The summed E-state index contributed by atoms with van der Waals surface area (Å²) in [4.78, 5) is 27.6. The van der Waals surface area contributed by atoms with E-state index in [1.807, 2.05) is 14.1 Å². The van der Waals surface area contributed by atoms with E-state index in [4.69, 9.17) is 0 Å². The number of aromatic amines is 1. The molecule has 5 nitrogen and oxygen atoms in total. The fraction of sp³-hybridized carbons (Fsp3) is 0.400. The molecule has 82 valence electrons. The quantitative estimate of drug-likeness (QED) is 0.723. The van der Waals surface area contributed by atoms with Crippen molar-refractivity contribution in [2.45, 2.75) is 6.92 Å².